The molecule has 0 radical (unpaired) electrons. The van der Waals surface area contributed by atoms with E-state index in [1.807, 2.05) is 22.7 Å². The van der Waals surface area contributed by atoms with Gasteiger partial charge < -0.3 is 14.7 Å². The van der Waals surface area contributed by atoms with Crippen LogP contribution in [0.25, 0.3) is 0 Å². The van der Waals surface area contributed by atoms with Gasteiger partial charge in [0.2, 0.25) is 11.9 Å². The molecule has 0 saturated carbocycles. The van der Waals surface area contributed by atoms with Crippen LogP contribution in [0.4, 0.5) is 5.95 Å². The van der Waals surface area contributed by atoms with E-state index in [0.717, 1.165) is 51.8 Å². The van der Waals surface area contributed by atoms with E-state index >= 15 is 0 Å². The van der Waals surface area contributed by atoms with E-state index < -0.39 is 0 Å². The van der Waals surface area contributed by atoms with Crippen LogP contribution in [0.3, 0.4) is 0 Å². The molecule has 3 heterocycles. The highest BCUT2D eigenvalue weighted by Crippen LogP contribution is 2.12. The number of hydrogen-bond donors (Lipinski definition) is 0. The molecule has 0 bridgehead atoms. The van der Waals surface area contributed by atoms with Gasteiger partial charge in [0, 0.05) is 76.1 Å². The SMILES string of the molecule is O=C(CCN1CCSCC1)N1CCN(c2ncccn2)CC1. The quantitative estimate of drug-likeness (QED) is 0.808. The summed E-state index contributed by atoms with van der Waals surface area (Å²) < 4.78 is 0. The Kier molecular flexibility index (Phi) is 5.50. The summed E-state index contributed by atoms with van der Waals surface area (Å²) in [7, 11) is 0. The lowest BCUT2D eigenvalue weighted by Gasteiger charge is -2.35. The predicted molar refractivity (Wildman–Crippen MR) is 89.2 cm³/mol. The number of anilines is 1. The third-order valence-electron chi connectivity index (χ3n) is 4.21. The second kappa shape index (κ2) is 7.78. The Morgan fingerprint density at radius 1 is 1.05 bits per heavy atom. The standard InChI is InChI=1S/C15H23N5OS/c21-14(2-5-18-10-12-22-13-11-18)19-6-8-20(9-7-19)15-16-3-1-4-17-15/h1,3-4H,2,5-13H2. The summed E-state index contributed by atoms with van der Waals surface area (Å²) in [4.78, 5) is 27.4. The first-order valence-electron chi connectivity index (χ1n) is 7.93. The van der Waals surface area contributed by atoms with Crippen molar-refractivity contribution in [3.8, 4) is 0 Å². The van der Waals surface area contributed by atoms with Gasteiger partial charge in [0.1, 0.15) is 0 Å². The molecular formula is C15H23N5OS. The molecule has 2 aliphatic heterocycles. The third kappa shape index (κ3) is 4.10. The zero-order valence-corrected chi connectivity index (χ0v) is 13.7. The Labute approximate surface area is 135 Å². The van der Waals surface area contributed by atoms with Crippen LogP contribution in [-0.4, -0.2) is 83.0 Å². The molecule has 0 aromatic carbocycles. The van der Waals surface area contributed by atoms with Crippen LogP contribution in [0, 0.1) is 0 Å². The van der Waals surface area contributed by atoms with Crippen LogP contribution >= 0.6 is 11.8 Å². The monoisotopic (exact) mass is 321 g/mol. The van der Waals surface area contributed by atoms with Crippen LogP contribution in [0.2, 0.25) is 0 Å². The van der Waals surface area contributed by atoms with Crippen LogP contribution in [0.5, 0.6) is 0 Å². The lowest BCUT2D eigenvalue weighted by Crippen LogP contribution is -2.49. The summed E-state index contributed by atoms with van der Waals surface area (Å²) in [5, 5.41) is 0. The average Bonchev–Trinajstić information content (AvgIpc) is 2.61. The van der Waals surface area contributed by atoms with Crippen molar-refractivity contribution in [2.75, 3.05) is 62.2 Å². The number of rotatable bonds is 4. The van der Waals surface area contributed by atoms with E-state index in [1.165, 1.54) is 11.5 Å². The number of carbonyl (C=O) groups excluding carboxylic acids is 1. The van der Waals surface area contributed by atoms with Crippen molar-refractivity contribution in [3.05, 3.63) is 18.5 Å². The molecule has 1 amide bonds. The van der Waals surface area contributed by atoms with Crippen LogP contribution in [0.15, 0.2) is 18.5 Å². The number of aromatic nitrogens is 2. The Hall–Kier alpha value is -1.34. The summed E-state index contributed by atoms with van der Waals surface area (Å²) in [6.45, 7) is 6.32. The normalized spacial score (nSPS) is 20.2. The summed E-state index contributed by atoms with van der Waals surface area (Å²) >= 11 is 2.00. The fraction of sp³-hybridized carbons (Fsp3) is 0.667. The highest BCUT2D eigenvalue weighted by molar-refractivity contribution is 7.99. The van der Waals surface area contributed by atoms with Gasteiger partial charge in [-0.05, 0) is 6.07 Å². The summed E-state index contributed by atoms with van der Waals surface area (Å²) in [6.07, 6.45) is 4.17. The van der Waals surface area contributed by atoms with Crippen molar-refractivity contribution in [1.82, 2.24) is 19.8 Å². The maximum atomic E-state index is 12.3. The Balaban J connectivity index is 1.41. The van der Waals surface area contributed by atoms with Crippen molar-refractivity contribution in [1.29, 1.82) is 0 Å². The molecule has 1 aromatic heterocycles. The second-order valence-corrected chi connectivity index (χ2v) is 6.85. The molecule has 0 spiro atoms. The zero-order valence-electron chi connectivity index (χ0n) is 12.9. The molecule has 2 aliphatic rings. The minimum absolute atomic E-state index is 0.284. The first-order valence-corrected chi connectivity index (χ1v) is 9.08. The maximum Gasteiger partial charge on any atom is 0.225 e. The maximum absolute atomic E-state index is 12.3. The molecule has 1 aromatic rings. The number of hydrogen-bond acceptors (Lipinski definition) is 6. The molecule has 0 aliphatic carbocycles. The minimum atomic E-state index is 0.284. The van der Waals surface area contributed by atoms with Gasteiger partial charge >= 0.3 is 0 Å². The van der Waals surface area contributed by atoms with Crippen LogP contribution < -0.4 is 4.90 Å². The van der Waals surface area contributed by atoms with Gasteiger partial charge in [-0.25, -0.2) is 9.97 Å². The molecule has 22 heavy (non-hydrogen) atoms. The number of piperazine rings is 1. The molecule has 7 heteroatoms. The number of carbonyl (C=O) groups is 1. The molecule has 0 atom stereocenters. The topological polar surface area (TPSA) is 52.6 Å². The fourth-order valence-corrected chi connectivity index (χ4v) is 3.83. The highest BCUT2D eigenvalue weighted by Gasteiger charge is 2.22. The van der Waals surface area contributed by atoms with E-state index in [1.54, 1.807) is 12.4 Å². The lowest BCUT2D eigenvalue weighted by molar-refractivity contribution is -0.131. The number of amides is 1. The number of nitrogens with zero attached hydrogens (tertiary/aromatic N) is 5. The van der Waals surface area contributed by atoms with Gasteiger partial charge in [0.25, 0.3) is 0 Å². The molecule has 0 unspecified atom stereocenters. The Morgan fingerprint density at radius 3 is 2.41 bits per heavy atom. The molecule has 6 nitrogen and oxygen atoms in total. The van der Waals surface area contributed by atoms with E-state index in [-0.39, 0.29) is 5.91 Å². The number of thioether (sulfide) groups is 1. The minimum Gasteiger partial charge on any atom is -0.339 e. The molecule has 2 fully saturated rings. The van der Waals surface area contributed by atoms with E-state index in [0.29, 0.717) is 6.42 Å². The van der Waals surface area contributed by atoms with Gasteiger partial charge in [-0.1, -0.05) is 0 Å². The molecule has 3 rings (SSSR count). The Bertz CT molecular complexity index is 472. The smallest absolute Gasteiger partial charge is 0.225 e. The van der Waals surface area contributed by atoms with Crippen molar-refractivity contribution < 1.29 is 4.79 Å². The molecular weight excluding hydrogens is 298 g/mol. The van der Waals surface area contributed by atoms with Gasteiger partial charge in [-0.3, -0.25) is 4.79 Å². The van der Waals surface area contributed by atoms with Gasteiger partial charge in [0.05, 0.1) is 0 Å². The van der Waals surface area contributed by atoms with Crippen LogP contribution in [-0.2, 0) is 4.79 Å². The van der Waals surface area contributed by atoms with E-state index in [4.69, 9.17) is 0 Å². The summed E-state index contributed by atoms with van der Waals surface area (Å²) in [5.74, 6) is 3.45. The van der Waals surface area contributed by atoms with Crippen molar-refractivity contribution in [2.45, 2.75) is 6.42 Å². The van der Waals surface area contributed by atoms with E-state index in [2.05, 4.69) is 19.8 Å². The predicted octanol–water partition coefficient (Wildman–Crippen LogP) is 0.564. The second-order valence-electron chi connectivity index (χ2n) is 5.62. The summed E-state index contributed by atoms with van der Waals surface area (Å²) in [5.41, 5.74) is 0. The molecule has 0 N–H and O–H groups in total. The van der Waals surface area contributed by atoms with Crippen LogP contribution in [0.1, 0.15) is 6.42 Å². The summed E-state index contributed by atoms with van der Waals surface area (Å²) in [6, 6.07) is 1.82. The van der Waals surface area contributed by atoms with E-state index in [9.17, 15) is 4.79 Å². The van der Waals surface area contributed by atoms with Crippen molar-refractivity contribution in [3.63, 3.8) is 0 Å². The van der Waals surface area contributed by atoms with Gasteiger partial charge in [-0.2, -0.15) is 11.8 Å². The first kappa shape index (κ1) is 15.6. The van der Waals surface area contributed by atoms with Crippen molar-refractivity contribution in [2.24, 2.45) is 0 Å². The molecule has 2 saturated heterocycles. The Morgan fingerprint density at radius 2 is 1.73 bits per heavy atom. The van der Waals surface area contributed by atoms with Gasteiger partial charge in [-0.15, -0.1) is 0 Å². The first-order chi connectivity index (χ1) is 10.8. The largest absolute Gasteiger partial charge is 0.339 e. The van der Waals surface area contributed by atoms with Gasteiger partial charge in [0.15, 0.2) is 0 Å². The average molecular weight is 321 g/mol. The van der Waals surface area contributed by atoms with Crippen molar-refractivity contribution >= 4 is 23.6 Å². The lowest BCUT2D eigenvalue weighted by atomic mass is 10.2. The third-order valence-corrected chi connectivity index (χ3v) is 5.16. The fourth-order valence-electron chi connectivity index (χ4n) is 2.85. The molecule has 120 valence electrons. The highest BCUT2D eigenvalue weighted by atomic mass is 32.2. The zero-order chi connectivity index (χ0) is 15.2.